The van der Waals surface area contributed by atoms with Crippen molar-refractivity contribution in [2.45, 2.75) is 6.92 Å². The molecule has 1 heterocycles. The zero-order valence-electron chi connectivity index (χ0n) is 24.8. The van der Waals surface area contributed by atoms with Crippen LogP contribution in [0.15, 0.2) is 73.4 Å². The Kier molecular flexibility index (Phi) is 9.89. The number of amides is 1. The number of nitrogens with one attached hydrogen (secondary N) is 3. The van der Waals surface area contributed by atoms with Crippen molar-refractivity contribution in [3.05, 3.63) is 90.6 Å². The standard InChI is InChI=1S/C32H35F2N7O2/c1-7-29(42)36-25-17-26(28(43-6)18-27(25)41(5)16-15-40(3)4)38-32-35-19-23(21-11-13-22(33)14-12-21)31(39-32)37-24-10-8-9-20(2)30(24)34/h7-14,17-19H,1,15-16H2,2-6H3,(H,36,42)(H2,35,37,38,39). The van der Waals surface area contributed by atoms with E-state index in [1.54, 1.807) is 49.5 Å². The molecule has 3 aromatic carbocycles. The Labute approximate surface area is 250 Å². The van der Waals surface area contributed by atoms with Crippen LogP contribution in [0.25, 0.3) is 11.1 Å². The molecule has 3 N–H and O–H groups in total. The van der Waals surface area contributed by atoms with Crippen LogP contribution in [0.5, 0.6) is 5.75 Å². The molecule has 11 heteroatoms. The van der Waals surface area contributed by atoms with E-state index in [1.807, 2.05) is 32.1 Å². The third kappa shape index (κ3) is 7.63. The lowest BCUT2D eigenvalue weighted by atomic mass is 10.1. The molecule has 1 aromatic heterocycles. The number of hydrogen-bond donors (Lipinski definition) is 3. The smallest absolute Gasteiger partial charge is 0.247 e. The number of aryl methyl sites for hydroxylation is 1. The van der Waals surface area contributed by atoms with Crippen LogP contribution < -0.4 is 25.6 Å². The van der Waals surface area contributed by atoms with Gasteiger partial charge in [-0.15, -0.1) is 0 Å². The summed E-state index contributed by atoms with van der Waals surface area (Å²) in [6, 6.07) is 14.4. The molecule has 1 amide bonds. The van der Waals surface area contributed by atoms with Crippen molar-refractivity contribution in [3.63, 3.8) is 0 Å². The van der Waals surface area contributed by atoms with E-state index in [0.29, 0.717) is 46.2 Å². The molecule has 0 aliphatic rings. The van der Waals surface area contributed by atoms with Crippen LogP contribution in [0.2, 0.25) is 0 Å². The molecule has 0 atom stereocenters. The van der Waals surface area contributed by atoms with Crippen molar-refractivity contribution in [2.24, 2.45) is 0 Å². The predicted molar refractivity (Wildman–Crippen MR) is 169 cm³/mol. The lowest BCUT2D eigenvalue weighted by Gasteiger charge is -2.26. The van der Waals surface area contributed by atoms with Crippen molar-refractivity contribution in [1.82, 2.24) is 14.9 Å². The SMILES string of the molecule is C=CC(=O)Nc1cc(Nc2ncc(-c3ccc(F)cc3)c(Nc3cccc(C)c3F)n2)c(OC)cc1N(C)CCN(C)C. The molecule has 0 saturated carbocycles. The summed E-state index contributed by atoms with van der Waals surface area (Å²) >= 11 is 0. The van der Waals surface area contributed by atoms with E-state index in [2.05, 4.69) is 37.4 Å². The molecule has 0 aliphatic heterocycles. The van der Waals surface area contributed by atoms with E-state index in [0.717, 1.165) is 12.2 Å². The monoisotopic (exact) mass is 587 g/mol. The average Bonchev–Trinajstić information content (AvgIpc) is 2.99. The number of rotatable bonds is 12. The molecule has 0 saturated heterocycles. The van der Waals surface area contributed by atoms with E-state index in [-0.39, 0.29) is 23.4 Å². The summed E-state index contributed by atoms with van der Waals surface area (Å²) in [4.78, 5) is 25.5. The fourth-order valence-electron chi connectivity index (χ4n) is 4.28. The van der Waals surface area contributed by atoms with E-state index >= 15 is 0 Å². The van der Waals surface area contributed by atoms with E-state index in [9.17, 15) is 13.6 Å². The van der Waals surface area contributed by atoms with Crippen LogP contribution in [0, 0.1) is 18.6 Å². The van der Waals surface area contributed by atoms with Crippen molar-refractivity contribution in [2.75, 3.05) is 62.2 Å². The van der Waals surface area contributed by atoms with Crippen LogP contribution in [0.1, 0.15) is 5.56 Å². The summed E-state index contributed by atoms with van der Waals surface area (Å²) in [5.41, 5.74) is 3.62. The first-order valence-corrected chi connectivity index (χ1v) is 13.5. The lowest BCUT2D eigenvalue weighted by molar-refractivity contribution is -0.111. The van der Waals surface area contributed by atoms with Gasteiger partial charge in [0.2, 0.25) is 11.9 Å². The Morgan fingerprint density at radius 2 is 1.74 bits per heavy atom. The Balaban J connectivity index is 1.77. The maximum atomic E-state index is 15.0. The number of halogens is 2. The van der Waals surface area contributed by atoms with Crippen LogP contribution in [-0.4, -0.2) is 62.1 Å². The second kappa shape index (κ2) is 13.8. The normalized spacial score (nSPS) is 10.8. The summed E-state index contributed by atoms with van der Waals surface area (Å²) in [6.07, 6.45) is 2.76. The fraction of sp³-hybridized carbons (Fsp3) is 0.219. The van der Waals surface area contributed by atoms with Gasteiger partial charge in [0, 0.05) is 38.0 Å². The zero-order valence-corrected chi connectivity index (χ0v) is 24.8. The molecule has 0 bridgehead atoms. The minimum atomic E-state index is -0.418. The third-order valence-corrected chi connectivity index (χ3v) is 6.69. The van der Waals surface area contributed by atoms with Crippen molar-refractivity contribution < 1.29 is 18.3 Å². The molecule has 43 heavy (non-hydrogen) atoms. The van der Waals surface area contributed by atoms with Crippen molar-refractivity contribution in [3.8, 4) is 16.9 Å². The molecular formula is C32H35F2N7O2. The predicted octanol–water partition coefficient (Wildman–Crippen LogP) is 6.35. The van der Waals surface area contributed by atoms with Gasteiger partial charge in [0.25, 0.3) is 0 Å². The molecule has 0 aliphatic carbocycles. The highest BCUT2D eigenvalue weighted by Gasteiger charge is 2.18. The first-order chi connectivity index (χ1) is 20.6. The number of benzene rings is 3. The molecule has 4 aromatic rings. The first-order valence-electron chi connectivity index (χ1n) is 13.5. The van der Waals surface area contributed by atoms with Gasteiger partial charge in [0.1, 0.15) is 23.2 Å². The number of carbonyl (C=O) groups excluding carboxylic acids is 1. The van der Waals surface area contributed by atoms with E-state index < -0.39 is 5.82 Å². The van der Waals surface area contributed by atoms with Gasteiger partial charge in [-0.05, 0) is 62.5 Å². The van der Waals surface area contributed by atoms with Crippen LogP contribution in [-0.2, 0) is 4.79 Å². The molecule has 0 radical (unpaired) electrons. The Morgan fingerprint density at radius 1 is 1.00 bits per heavy atom. The molecule has 0 spiro atoms. The molecule has 0 fully saturated rings. The van der Waals surface area contributed by atoms with Gasteiger partial charge in [-0.3, -0.25) is 4.79 Å². The first kappa shape index (κ1) is 30.9. The number of aromatic nitrogens is 2. The van der Waals surface area contributed by atoms with Crippen LogP contribution >= 0.6 is 0 Å². The summed E-state index contributed by atoms with van der Waals surface area (Å²) in [5, 5.41) is 9.10. The van der Waals surface area contributed by atoms with E-state index in [4.69, 9.17) is 4.74 Å². The number of methoxy groups -OCH3 is 1. The fourth-order valence-corrected chi connectivity index (χ4v) is 4.28. The average molecular weight is 588 g/mol. The quantitative estimate of drug-likeness (QED) is 0.165. The summed E-state index contributed by atoms with van der Waals surface area (Å²) in [6.45, 7) is 6.72. The Morgan fingerprint density at radius 3 is 2.42 bits per heavy atom. The third-order valence-electron chi connectivity index (χ3n) is 6.69. The van der Waals surface area contributed by atoms with Crippen LogP contribution in [0.4, 0.5) is 43.3 Å². The maximum Gasteiger partial charge on any atom is 0.247 e. The van der Waals surface area contributed by atoms with Gasteiger partial charge < -0.3 is 30.5 Å². The molecule has 9 nitrogen and oxygen atoms in total. The second-order valence-corrected chi connectivity index (χ2v) is 10.1. The summed E-state index contributed by atoms with van der Waals surface area (Å²) < 4.78 is 34.3. The highest BCUT2D eigenvalue weighted by atomic mass is 19.1. The van der Waals surface area contributed by atoms with Gasteiger partial charge in [-0.25, -0.2) is 13.8 Å². The van der Waals surface area contributed by atoms with E-state index in [1.165, 1.54) is 25.3 Å². The zero-order chi connectivity index (χ0) is 31.1. The van der Waals surface area contributed by atoms with Crippen LogP contribution in [0.3, 0.4) is 0 Å². The molecule has 224 valence electrons. The number of hydrogen-bond acceptors (Lipinski definition) is 8. The second-order valence-electron chi connectivity index (χ2n) is 10.1. The molecule has 4 rings (SSSR count). The highest BCUT2D eigenvalue weighted by molar-refractivity contribution is 6.02. The Bertz CT molecular complexity index is 1610. The summed E-state index contributed by atoms with van der Waals surface area (Å²) in [7, 11) is 7.44. The van der Waals surface area contributed by atoms with Gasteiger partial charge in [-0.1, -0.05) is 30.8 Å². The van der Waals surface area contributed by atoms with Crippen molar-refractivity contribution in [1.29, 1.82) is 0 Å². The minimum Gasteiger partial charge on any atom is -0.494 e. The number of ether oxygens (including phenoxy) is 1. The van der Waals surface area contributed by atoms with Gasteiger partial charge >= 0.3 is 0 Å². The molecular weight excluding hydrogens is 552 g/mol. The Hall–Kier alpha value is -5.03. The number of carbonyl (C=O) groups is 1. The number of anilines is 6. The van der Waals surface area contributed by atoms with Gasteiger partial charge in [0.15, 0.2) is 0 Å². The topological polar surface area (TPSA) is 94.6 Å². The van der Waals surface area contributed by atoms with Gasteiger partial charge in [-0.2, -0.15) is 4.98 Å². The van der Waals surface area contributed by atoms with Gasteiger partial charge in [0.05, 0.1) is 29.9 Å². The lowest BCUT2D eigenvalue weighted by Crippen LogP contribution is -2.29. The van der Waals surface area contributed by atoms with Crippen molar-refractivity contribution >= 4 is 40.4 Å². The highest BCUT2D eigenvalue weighted by Crippen LogP contribution is 2.39. The molecule has 0 unspecified atom stereocenters. The minimum absolute atomic E-state index is 0.175. The summed E-state index contributed by atoms with van der Waals surface area (Å²) in [5.74, 6) is -0.218. The number of likely N-dealkylation sites (N-methyl/N-ethyl adjacent to an activating group) is 2. The maximum absolute atomic E-state index is 15.0. The number of nitrogens with zero attached hydrogens (tertiary/aromatic N) is 4. The largest absolute Gasteiger partial charge is 0.494 e.